The van der Waals surface area contributed by atoms with E-state index < -0.39 is 0 Å². The van der Waals surface area contributed by atoms with Crippen molar-refractivity contribution in [3.05, 3.63) is 48.2 Å². The molecule has 1 aromatic carbocycles. The standard InChI is InChI=1S/C22H27N3O3/c1-22(2)15-27-19-7-6-17(13-20(19)28-16-22)18(26)14-24-9-11-25(12-10-24)21-5-3-4-8-23-21/h3-8,13H,9-12,14-16H2,1-2H3. The molecular formula is C22H27N3O3. The molecule has 0 aliphatic carbocycles. The molecule has 6 heteroatoms. The van der Waals surface area contributed by atoms with Gasteiger partial charge in [-0.15, -0.1) is 0 Å². The van der Waals surface area contributed by atoms with E-state index in [4.69, 9.17) is 9.47 Å². The van der Waals surface area contributed by atoms with Crippen molar-refractivity contribution < 1.29 is 14.3 Å². The van der Waals surface area contributed by atoms with Crippen molar-refractivity contribution in [1.29, 1.82) is 0 Å². The Balaban J connectivity index is 1.35. The smallest absolute Gasteiger partial charge is 0.176 e. The normalized spacial score (nSPS) is 19.1. The fourth-order valence-corrected chi connectivity index (χ4v) is 3.47. The van der Waals surface area contributed by atoms with E-state index in [2.05, 4.69) is 28.6 Å². The molecule has 0 N–H and O–H groups in total. The number of carbonyl (C=O) groups excluding carboxylic acids is 1. The number of ether oxygens (including phenoxy) is 2. The zero-order valence-corrected chi connectivity index (χ0v) is 16.6. The number of pyridine rings is 1. The second kappa shape index (κ2) is 7.80. The van der Waals surface area contributed by atoms with Crippen LogP contribution in [0.5, 0.6) is 11.5 Å². The number of hydrogen-bond donors (Lipinski definition) is 0. The van der Waals surface area contributed by atoms with Crippen molar-refractivity contribution in [2.75, 3.05) is 50.8 Å². The highest BCUT2D eigenvalue weighted by molar-refractivity contribution is 5.98. The lowest BCUT2D eigenvalue weighted by Crippen LogP contribution is -2.48. The van der Waals surface area contributed by atoms with Crippen LogP contribution in [0.15, 0.2) is 42.6 Å². The molecule has 4 rings (SSSR count). The summed E-state index contributed by atoms with van der Waals surface area (Å²) in [5, 5.41) is 0. The number of ketones is 1. The zero-order chi connectivity index (χ0) is 19.6. The van der Waals surface area contributed by atoms with Gasteiger partial charge in [-0.1, -0.05) is 19.9 Å². The van der Waals surface area contributed by atoms with Gasteiger partial charge in [-0.2, -0.15) is 0 Å². The molecule has 2 aliphatic heterocycles. The van der Waals surface area contributed by atoms with Gasteiger partial charge in [0.05, 0.1) is 19.8 Å². The first kappa shape index (κ1) is 18.7. The Morgan fingerprint density at radius 1 is 1.04 bits per heavy atom. The largest absolute Gasteiger partial charge is 0.489 e. The third-order valence-electron chi connectivity index (χ3n) is 5.22. The number of Topliss-reactive ketones (excluding diaryl/α,β-unsaturated/α-hetero) is 1. The Hall–Kier alpha value is -2.60. The van der Waals surface area contributed by atoms with Crippen LogP contribution in [0.4, 0.5) is 5.82 Å². The van der Waals surface area contributed by atoms with E-state index in [0.717, 1.165) is 32.0 Å². The Labute approximate surface area is 166 Å². The van der Waals surface area contributed by atoms with Crippen LogP contribution in [0.3, 0.4) is 0 Å². The molecule has 0 amide bonds. The molecule has 6 nitrogen and oxygen atoms in total. The fraction of sp³-hybridized carbons (Fsp3) is 0.455. The number of piperazine rings is 1. The highest BCUT2D eigenvalue weighted by Gasteiger charge is 2.26. The summed E-state index contributed by atoms with van der Waals surface area (Å²) in [6, 6.07) is 11.5. The summed E-state index contributed by atoms with van der Waals surface area (Å²) in [6.45, 7) is 9.26. The van der Waals surface area contributed by atoms with Gasteiger partial charge in [-0.05, 0) is 30.3 Å². The van der Waals surface area contributed by atoms with Gasteiger partial charge in [0.25, 0.3) is 0 Å². The molecule has 0 saturated carbocycles. The molecule has 0 atom stereocenters. The van der Waals surface area contributed by atoms with Crippen LogP contribution in [0.25, 0.3) is 0 Å². The van der Waals surface area contributed by atoms with E-state index in [9.17, 15) is 4.79 Å². The number of aromatic nitrogens is 1. The Morgan fingerprint density at radius 3 is 2.50 bits per heavy atom. The molecule has 148 valence electrons. The van der Waals surface area contributed by atoms with Gasteiger partial charge >= 0.3 is 0 Å². The minimum atomic E-state index is -0.0452. The number of benzene rings is 1. The van der Waals surface area contributed by atoms with Crippen molar-refractivity contribution in [1.82, 2.24) is 9.88 Å². The van der Waals surface area contributed by atoms with Crippen LogP contribution in [0, 0.1) is 5.41 Å². The molecule has 0 unspecified atom stereocenters. The average molecular weight is 381 g/mol. The van der Waals surface area contributed by atoms with Gasteiger partial charge in [0.1, 0.15) is 5.82 Å². The Kier molecular flexibility index (Phi) is 5.22. The first-order valence-corrected chi connectivity index (χ1v) is 9.81. The van der Waals surface area contributed by atoms with Gasteiger partial charge in [0.2, 0.25) is 0 Å². The van der Waals surface area contributed by atoms with Gasteiger partial charge < -0.3 is 14.4 Å². The molecule has 1 saturated heterocycles. The summed E-state index contributed by atoms with van der Waals surface area (Å²) in [5.41, 5.74) is 0.630. The molecule has 28 heavy (non-hydrogen) atoms. The van der Waals surface area contributed by atoms with Crippen molar-refractivity contribution >= 4 is 11.6 Å². The van der Waals surface area contributed by atoms with Gasteiger partial charge in [-0.25, -0.2) is 4.98 Å². The number of anilines is 1. The third kappa shape index (κ3) is 4.28. The molecular weight excluding hydrogens is 354 g/mol. The van der Waals surface area contributed by atoms with Crippen molar-refractivity contribution in [2.45, 2.75) is 13.8 Å². The fourth-order valence-electron chi connectivity index (χ4n) is 3.47. The quantitative estimate of drug-likeness (QED) is 0.759. The van der Waals surface area contributed by atoms with Gasteiger partial charge in [0.15, 0.2) is 17.3 Å². The lowest BCUT2D eigenvalue weighted by Gasteiger charge is -2.35. The Morgan fingerprint density at radius 2 is 1.79 bits per heavy atom. The molecule has 3 heterocycles. The summed E-state index contributed by atoms with van der Waals surface area (Å²) < 4.78 is 11.7. The van der Waals surface area contributed by atoms with Crippen LogP contribution in [0.2, 0.25) is 0 Å². The first-order chi connectivity index (χ1) is 13.5. The van der Waals surface area contributed by atoms with Crippen molar-refractivity contribution in [2.24, 2.45) is 5.41 Å². The number of hydrogen-bond acceptors (Lipinski definition) is 6. The van der Waals surface area contributed by atoms with Crippen LogP contribution < -0.4 is 14.4 Å². The van der Waals surface area contributed by atoms with E-state index in [0.29, 0.717) is 36.8 Å². The maximum absolute atomic E-state index is 12.8. The molecule has 1 aromatic heterocycles. The predicted octanol–water partition coefficient (Wildman–Crippen LogP) is 2.88. The SMILES string of the molecule is CC1(C)COc2ccc(C(=O)CN3CCN(c4ccccn4)CC3)cc2OC1. The topological polar surface area (TPSA) is 54.9 Å². The molecule has 0 spiro atoms. The summed E-state index contributed by atoms with van der Waals surface area (Å²) in [4.78, 5) is 21.7. The number of rotatable bonds is 4. The average Bonchev–Trinajstić information content (AvgIpc) is 2.87. The number of carbonyl (C=O) groups is 1. The number of fused-ring (bicyclic) bond motifs is 1. The summed E-state index contributed by atoms with van der Waals surface area (Å²) in [5.74, 6) is 2.49. The van der Waals surface area contributed by atoms with Crippen LogP contribution in [-0.2, 0) is 0 Å². The third-order valence-corrected chi connectivity index (χ3v) is 5.22. The number of nitrogens with zero attached hydrogens (tertiary/aromatic N) is 3. The van der Waals surface area contributed by atoms with E-state index in [1.165, 1.54) is 0 Å². The van der Waals surface area contributed by atoms with E-state index in [1.807, 2.05) is 42.6 Å². The predicted molar refractivity (Wildman–Crippen MR) is 108 cm³/mol. The lowest BCUT2D eigenvalue weighted by molar-refractivity contribution is 0.0925. The summed E-state index contributed by atoms with van der Waals surface area (Å²) in [7, 11) is 0. The molecule has 2 aromatic rings. The van der Waals surface area contributed by atoms with E-state index >= 15 is 0 Å². The second-order valence-electron chi connectivity index (χ2n) is 8.28. The summed E-state index contributed by atoms with van der Waals surface area (Å²) in [6.07, 6.45) is 1.82. The van der Waals surface area contributed by atoms with Crippen LogP contribution in [0.1, 0.15) is 24.2 Å². The maximum atomic E-state index is 12.8. The molecule has 0 bridgehead atoms. The molecule has 0 radical (unpaired) electrons. The van der Waals surface area contributed by atoms with Gasteiger partial charge in [-0.3, -0.25) is 9.69 Å². The molecule has 2 aliphatic rings. The monoisotopic (exact) mass is 381 g/mol. The second-order valence-corrected chi connectivity index (χ2v) is 8.28. The van der Waals surface area contributed by atoms with Crippen molar-refractivity contribution in [3.8, 4) is 11.5 Å². The molecule has 1 fully saturated rings. The lowest BCUT2D eigenvalue weighted by atomic mass is 9.97. The minimum absolute atomic E-state index is 0.0452. The van der Waals surface area contributed by atoms with Gasteiger partial charge in [0, 0.05) is 43.4 Å². The highest BCUT2D eigenvalue weighted by Crippen LogP contribution is 2.34. The van der Waals surface area contributed by atoms with Crippen LogP contribution in [-0.4, -0.2) is 61.6 Å². The minimum Gasteiger partial charge on any atom is -0.489 e. The maximum Gasteiger partial charge on any atom is 0.176 e. The van der Waals surface area contributed by atoms with Crippen molar-refractivity contribution in [3.63, 3.8) is 0 Å². The van der Waals surface area contributed by atoms with Crippen LogP contribution >= 0.6 is 0 Å². The van der Waals surface area contributed by atoms with E-state index in [-0.39, 0.29) is 11.2 Å². The first-order valence-electron chi connectivity index (χ1n) is 9.81. The Bertz CT molecular complexity index is 830. The van der Waals surface area contributed by atoms with E-state index in [1.54, 1.807) is 0 Å². The highest BCUT2D eigenvalue weighted by atomic mass is 16.5. The summed E-state index contributed by atoms with van der Waals surface area (Å²) >= 11 is 0. The zero-order valence-electron chi connectivity index (χ0n) is 16.6.